The van der Waals surface area contributed by atoms with Crippen LogP contribution in [-0.2, 0) is 0 Å². The minimum atomic E-state index is -0.433. The van der Waals surface area contributed by atoms with Gasteiger partial charge in [-0.15, -0.1) is 0 Å². The Hall–Kier alpha value is -0.540. The Labute approximate surface area is 126 Å². The second-order valence-corrected chi connectivity index (χ2v) is 5.96. The van der Waals surface area contributed by atoms with Gasteiger partial charge in [0.25, 0.3) is 0 Å². The minimum Gasteiger partial charge on any atom is -0.389 e. The summed E-state index contributed by atoms with van der Waals surface area (Å²) in [6, 6.07) is 6.24. The fourth-order valence-corrected chi connectivity index (χ4v) is 3.03. The summed E-state index contributed by atoms with van der Waals surface area (Å²) in [5, 5.41) is 9.67. The molecule has 0 saturated heterocycles. The van der Waals surface area contributed by atoms with Gasteiger partial charge in [-0.05, 0) is 37.5 Å². The molecule has 0 aromatic heterocycles. The smallest absolute Gasteiger partial charge is 0.0772 e. The quantitative estimate of drug-likeness (QED) is 0.780. The van der Waals surface area contributed by atoms with Crippen LogP contribution in [-0.4, -0.2) is 18.2 Å². The maximum atomic E-state index is 9.67. The molecule has 0 saturated carbocycles. The highest BCUT2D eigenvalue weighted by Crippen LogP contribution is 2.29. The highest BCUT2D eigenvalue weighted by Gasteiger charge is 2.13. The van der Waals surface area contributed by atoms with E-state index in [1.807, 2.05) is 6.07 Å². The zero-order chi connectivity index (χ0) is 14.4. The van der Waals surface area contributed by atoms with Gasteiger partial charge in [0.15, 0.2) is 0 Å². The van der Waals surface area contributed by atoms with Crippen molar-refractivity contribution in [2.45, 2.75) is 46.6 Å². The molecule has 0 radical (unpaired) electrons. The Morgan fingerprint density at radius 2 is 1.84 bits per heavy atom. The van der Waals surface area contributed by atoms with Crippen molar-refractivity contribution in [2.24, 2.45) is 5.92 Å². The Morgan fingerprint density at radius 1 is 1.21 bits per heavy atom. The summed E-state index contributed by atoms with van der Waals surface area (Å²) in [6.07, 6.45) is 2.01. The van der Waals surface area contributed by atoms with Gasteiger partial charge in [0.05, 0.1) is 6.10 Å². The van der Waals surface area contributed by atoms with Crippen LogP contribution < -0.4 is 4.90 Å². The van der Waals surface area contributed by atoms with E-state index >= 15 is 0 Å². The molecule has 0 spiro atoms. The Kier molecular flexibility index (Phi) is 6.87. The summed E-state index contributed by atoms with van der Waals surface area (Å²) in [5.41, 5.74) is 2.17. The predicted molar refractivity (Wildman–Crippen MR) is 86.7 cm³/mol. The van der Waals surface area contributed by atoms with Crippen LogP contribution in [0, 0.1) is 5.92 Å². The molecule has 0 aliphatic carbocycles. The van der Waals surface area contributed by atoms with Crippen LogP contribution in [0.4, 0.5) is 5.69 Å². The maximum Gasteiger partial charge on any atom is 0.0772 e. The number of aliphatic hydroxyl groups is 1. The van der Waals surface area contributed by atoms with Crippen molar-refractivity contribution in [1.82, 2.24) is 0 Å². The van der Waals surface area contributed by atoms with Gasteiger partial charge in [-0.1, -0.05) is 48.7 Å². The standard InChI is InChI=1S/C16H26BrNO/c1-5-13(6-2)11-18(7-3)14-8-9-15(12(4)19)16(17)10-14/h8-10,12-13,19H,5-7,11H2,1-4H3/t12-/m0/s1. The van der Waals surface area contributed by atoms with Crippen LogP contribution >= 0.6 is 15.9 Å². The van der Waals surface area contributed by atoms with E-state index in [9.17, 15) is 5.11 Å². The van der Waals surface area contributed by atoms with Crippen molar-refractivity contribution < 1.29 is 5.11 Å². The van der Waals surface area contributed by atoms with Crippen LogP contribution in [0.1, 0.15) is 52.2 Å². The van der Waals surface area contributed by atoms with E-state index in [0.717, 1.165) is 29.0 Å². The second-order valence-electron chi connectivity index (χ2n) is 5.10. The van der Waals surface area contributed by atoms with Crippen molar-refractivity contribution in [3.8, 4) is 0 Å². The number of nitrogens with zero attached hydrogens (tertiary/aromatic N) is 1. The first kappa shape index (κ1) is 16.5. The Bertz CT molecular complexity index is 388. The number of hydrogen-bond acceptors (Lipinski definition) is 2. The zero-order valence-electron chi connectivity index (χ0n) is 12.5. The fourth-order valence-electron chi connectivity index (χ4n) is 2.33. The first-order chi connectivity index (χ1) is 9.03. The van der Waals surface area contributed by atoms with Crippen molar-refractivity contribution in [1.29, 1.82) is 0 Å². The third kappa shape index (κ3) is 4.50. The maximum absolute atomic E-state index is 9.67. The summed E-state index contributed by atoms with van der Waals surface area (Å²) >= 11 is 3.56. The van der Waals surface area contributed by atoms with E-state index in [1.54, 1.807) is 6.92 Å². The molecule has 0 aliphatic rings. The highest BCUT2D eigenvalue weighted by atomic mass is 79.9. The number of rotatable bonds is 7. The molecule has 3 heteroatoms. The van der Waals surface area contributed by atoms with Crippen LogP contribution in [0.5, 0.6) is 0 Å². The van der Waals surface area contributed by atoms with E-state index < -0.39 is 6.10 Å². The molecule has 0 unspecified atom stereocenters. The van der Waals surface area contributed by atoms with Gasteiger partial charge in [0.1, 0.15) is 0 Å². The lowest BCUT2D eigenvalue weighted by molar-refractivity contribution is 0.198. The molecule has 0 amide bonds. The van der Waals surface area contributed by atoms with Crippen molar-refractivity contribution in [2.75, 3.05) is 18.0 Å². The van der Waals surface area contributed by atoms with Crippen LogP contribution in [0.3, 0.4) is 0 Å². The minimum absolute atomic E-state index is 0.433. The molecule has 1 aromatic carbocycles. The molecule has 0 fully saturated rings. The summed E-state index contributed by atoms with van der Waals surface area (Å²) in [6.45, 7) is 10.6. The topological polar surface area (TPSA) is 23.5 Å². The molecule has 0 bridgehead atoms. The lowest BCUT2D eigenvalue weighted by atomic mass is 10.0. The molecule has 19 heavy (non-hydrogen) atoms. The molecule has 2 nitrogen and oxygen atoms in total. The van der Waals surface area contributed by atoms with E-state index in [2.05, 4.69) is 53.7 Å². The lowest BCUT2D eigenvalue weighted by Crippen LogP contribution is -2.29. The summed E-state index contributed by atoms with van der Waals surface area (Å²) in [7, 11) is 0. The number of halogens is 1. The van der Waals surface area contributed by atoms with Crippen molar-refractivity contribution in [3.05, 3.63) is 28.2 Å². The summed E-state index contributed by atoms with van der Waals surface area (Å²) < 4.78 is 0.989. The second kappa shape index (κ2) is 7.91. The Morgan fingerprint density at radius 3 is 2.26 bits per heavy atom. The van der Waals surface area contributed by atoms with E-state index in [4.69, 9.17) is 0 Å². The number of aliphatic hydroxyl groups excluding tert-OH is 1. The summed E-state index contributed by atoms with van der Waals surface area (Å²) in [4.78, 5) is 2.41. The Balaban J connectivity index is 2.90. The van der Waals surface area contributed by atoms with Gasteiger partial charge >= 0.3 is 0 Å². The van der Waals surface area contributed by atoms with E-state index in [1.165, 1.54) is 18.5 Å². The van der Waals surface area contributed by atoms with Crippen molar-refractivity contribution >= 4 is 21.6 Å². The molecule has 108 valence electrons. The molecule has 1 rings (SSSR count). The SMILES string of the molecule is CCC(CC)CN(CC)c1ccc([C@H](C)O)c(Br)c1. The van der Waals surface area contributed by atoms with Gasteiger partial charge in [-0.3, -0.25) is 0 Å². The van der Waals surface area contributed by atoms with Crippen molar-refractivity contribution in [3.63, 3.8) is 0 Å². The molecule has 1 N–H and O–H groups in total. The molecule has 0 heterocycles. The van der Waals surface area contributed by atoms with E-state index in [-0.39, 0.29) is 0 Å². The number of hydrogen-bond donors (Lipinski definition) is 1. The average Bonchev–Trinajstić information content (AvgIpc) is 2.39. The number of benzene rings is 1. The van der Waals surface area contributed by atoms with Crippen LogP contribution in [0.15, 0.2) is 22.7 Å². The van der Waals surface area contributed by atoms with Gasteiger partial charge in [0.2, 0.25) is 0 Å². The monoisotopic (exact) mass is 327 g/mol. The predicted octanol–water partition coefficient (Wildman–Crippen LogP) is 4.76. The lowest BCUT2D eigenvalue weighted by Gasteiger charge is -2.28. The van der Waals surface area contributed by atoms with Gasteiger partial charge in [-0.25, -0.2) is 0 Å². The van der Waals surface area contributed by atoms with Crippen LogP contribution in [0.25, 0.3) is 0 Å². The third-order valence-electron chi connectivity index (χ3n) is 3.81. The van der Waals surface area contributed by atoms with Gasteiger partial charge in [0, 0.05) is 23.2 Å². The van der Waals surface area contributed by atoms with E-state index in [0.29, 0.717) is 0 Å². The third-order valence-corrected chi connectivity index (χ3v) is 4.50. The molecule has 1 atom stereocenters. The largest absolute Gasteiger partial charge is 0.389 e. The summed E-state index contributed by atoms with van der Waals surface area (Å²) in [5.74, 6) is 0.746. The van der Waals surface area contributed by atoms with Crippen LogP contribution in [0.2, 0.25) is 0 Å². The van der Waals surface area contributed by atoms with Gasteiger partial charge < -0.3 is 10.0 Å². The first-order valence-electron chi connectivity index (χ1n) is 7.25. The molecular formula is C16H26BrNO. The first-order valence-corrected chi connectivity index (χ1v) is 8.05. The molecular weight excluding hydrogens is 302 g/mol. The zero-order valence-corrected chi connectivity index (χ0v) is 14.1. The molecule has 0 aliphatic heterocycles. The normalized spacial score (nSPS) is 12.8. The fraction of sp³-hybridized carbons (Fsp3) is 0.625. The number of anilines is 1. The highest BCUT2D eigenvalue weighted by molar-refractivity contribution is 9.10. The average molecular weight is 328 g/mol. The molecule has 1 aromatic rings. The van der Waals surface area contributed by atoms with Gasteiger partial charge in [-0.2, -0.15) is 0 Å².